The summed E-state index contributed by atoms with van der Waals surface area (Å²) in [5.41, 5.74) is 0. The van der Waals surface area contributed by atoms with E-state index in [1.165, 1.54) is 6.42 Å². The maximum atomic E-state index is 5.56. The van der Waals surface area contributed by atoms with Gasteiger partial charge in [0.05, 0.1) is 6.10 Å². The van der Waals surface area contributed by atoms with E-state index in [-0.39, 0.29) is 0 Å². The largest absolute Gasteiger partial charge is 0.380 e. The fourth-order valence-corrected chi connectivity index (χ4v) is 2.00. The number of rotatable bonds is 7. The molecule has 2 nitrogen and oxygen atoms in total. The molecule has 0 rings (SSSR count). The first-order chi connectivity index (χ1) is 6.52. The highest BCUT2D eigenvalue weighted by molar-refractivity contribution is 4.80. The molecule has 0 heterocycles. The number of hydrogen-bond acceptors (Lipinski definition) is 2. The molecule has 1 N–H and O–H groups in total. The van der Waals surface area contributed by atoms with Crippen LogP contribution in [0.4, 0.5) is 0 Å². The fourth-order valence-electron chi connectivity index (χ4n) is 2.00. The van der Waals surface area contributed by atoms with E-state index >= 15 is 0 Å². The molecule has 0 radical (unpaired) electrons. The number of hydrogen-bond donors (Lipinski definition) is 1. The molecule has 0 fully saturated rings. The smallest absolute Gasteiger partial charge is 0.0747 e. The summed E-state index contributed by atoms with van der Waals surface area (Å²) in [6, 6.07) is 0.491. The second kappa shape index (κ2) is 7.24. The molecule has 0 amide bonds. The summed E-state index contributed by atoms with van der Waals surface area (Å²) in [5, 5.41) is 3.52. The van der Waals surface area contributed by atoms with Gasteiger partial charge < -0.3 is 10.1 Å². The van der Waals surface area contributed by atoms with Gasteiger partial charge in [-0.1, -0.05) is 34.6 Å². The van der Waals surface area contributed by atoms with Crippen LogP contribution in [0.15, 0.2) is 0 Å². The van der Waals surface area contributed by atoms with Crippen LogP contribution in [0.2, 0.25) is 0 Å². The van der Waals surface area contributed by atoms with Gasteiger partial charge in [-0.15, -0.1) is 0 Å². The third-order valence-corrected chi connectivity index (χ3v) is 2.52. The topological polar surface area (TPSA) is 21.3 Å². The summed E-state index contributed by atoms with van der Waals surface area (Å²) in [6.45, 7) is 12.1. The van der Waals surface area contributed by atoms with Crippen molar-refractivity contribution in [3.63, 3.8) is 0 Å². The van der Waals surface area contributed by atoms with Crippen molar-refractivity contribution in [3.05, 3.63) is 0 Å². The van der Waals surface area contributed by atoms with E-state index in [4.69, 9.17) is 4.74 Å². The average molecular weight is 201 g/mol. The van der Waals surface area contributed by atoms with Gasteiger partial charge in [-0.3, -0.25) is 0 Å². The summed E-state index contributed by atoms with van der Waals surface area (Å²) >= 11 is 0. The summed E-state index contributed by atoms with van der Waals surface area (Å²) in [7, 11) is 1.81. The number of methoxy groups -OCH3 is 1. The Morgan fingerprint density at radius 3 is 2.00 bits per heavy atom. The van der Waals surface area contributed by atoms with Crippen molar-refractivity contribution in [2.24, 2.45) is 11.8 Å². The molecule has 0 aromatic carbocycles. The molecule has 2 unspecified atom stereocenters. The molecule has 2 atom stereocenters. The molecule has 0 aliphatic carbocycles. The molecule has 0 bridgehead atoms. The van der Waals surface area contributed by atoms with Crippen LogP contribution < -0.4 is 5.32 Å². The van der Waals surface area contributed by atoms with Crippen molar-refractivity contribution in [1.29, 1.82) is 0 Å². The van der Waals surface area contributed by atoms with Crippen molar-refractivity contribution in [1.82, 2.24) is 5.32 Å². The van der Waals surface area contributed by atoms with Crippen LogP contribution in [0.5, 0.6) is 0 Å². The van der Waals surface area contributed by atoms with E-state index in [1.54, 1.807) is 0 Å². The summed E-state index contributed by atoms with van der Waals surface area (Å²) in [6.07, 6.45) is 1.52. The Hall–Kier alpha value is -0.0800. The molecule has 0 saturated carbocycles. The standard InChI is InChI=1S/C12H27NO/c1-7-13-11(8-9(2)3)12(14-6)10(4)5/h9-13H,7-8H2,1-6H3. The van der Waals surface area contributed by atoms with Crippen LogP contribution >= 0.6 is 0 Å². The van der Waals surface area contributed by atoms with Crippen LogP contribution in [0.1, 0.15) is 41.0 Å². The third kappa shape index (κ3) is 4.97. The maximum Gasteiger partial charge on any atom is 0.0747 e. The zero-order valence-electron chi connectivity index (χ0n) is 10.6. The van der Waals surface area contributed by atoms with Gasteiger partial charge in [0.15, 0.2) is 0 Å². The highest BCUT2D eigenvalue weighted by atomic mass is 16.5. The van der Waals surface area contributed by atoms with Gasteiger partial charge in [-0.25, -0.2) is 0 Å². The van der Waals surface area contributed by atoms with E-state index in [9.17, 15) is 0 Å². The Balaban J connectivity index is 4.27. The predicted molar refractivity (Wildman–Crippen MR) is 62.6 cm³/mol. The number of ether oxygens (including phenoxy) is 1. The fraction of sp³-hybridized carbons (Fsp3) is 1.00. The SMILES string of the molecule is CCNC(CC(C)C)C(OC)C(C)C. The van der Waals surface area contributed by atoms with Crippen molar-refractivity contribution < 1.29 is 4.74 Å². The highest BCUT2D eigenvalue weighted by Gasteiger charge is 2.23. The van der Waals surface area contributed by atoms with Crippen molar-refractivity contribution in [2.45, 2.75) is 53.2 Å². The molecule has 14 heavy (non-hydrogen) atoms. The Bertz CT molecular complexity index is 134. The van der Waals surface area contributed by atoms with Gasteiger partial charge in [0, 0.05) is 13.2 Å². The van der Waals surface area contributed by atoms with Gasteiger partial charge in [0.25, 0.3) is 0 Å². The Morgan fingerprint density at radius 2 is 1.71 bits per heavy atom. The Kier molecular flexibility index (Phi) is 7.20. The first-order valence-corrected chi connectivity index (χ1v) is 5.79. The van der Waals surface area contributed by atoms with E-state index in [0.29, 0.717) is 18.1 Å². The first-order valence-electron chi connectivity index (χ1n) is 5.79. The van der Waals surface area contributed by atoms with E-state index in [2.05, 4.69) is 39.9 Å². The van der Waals surface area contributed by atoms with Crippen LogP contribution in [-0.4, -0.2) is 25.8 Å². The minimum Gasteiger partial charge on any atom is -0.380 e. The molecular weight excluding hydrogens is 174 g/mol. The highest BCUT2D eigenvalue weighted by Crippen LogP contribution is 2.16. The van der Waals surface area contributed by atoms with Crippen molar-refractivity contribution >= 4 is 0 Å². The molecule has 0 aliphatic rings. The zero-order valence-corrected chi connectivity index (χ0v) is 10.6. The number of nitrogens with one attached hydrogen (secondary N) is 1. The maximum absolute atomic E-state index is 5.56. The summed E-state index contributed by atoms with van der Waals surface area (Å²) in [5.74, 6) is 1.29. The lowest BCUT2D eigenvalue weighted by atomic mass is 9.92. The minimum atomic E-state index is 0.331. The summed E-state index contributed by atoms with van der Waals surface area (Å²) < 4.78 is 5.56. The van der Waals surface area contributed by atoms with Gasteiger partial charge in [0.1, 0.15) is 0 Å². The normalized spacial score (nSPS) is 16.3. The summed E-state index contributed by atoms with van der Waals surface area (Å²) in [4.78, 5) is 0. The quantitative estimate of drug-likeness (QED) is 0.684. The molecule has 86 valence electrons. The lowest BCUT2D eigenvalue weighted by Gasteiger charge is -2.30. The van der Waals surface area contributed by atoms with Crippen LogP contribution in [-0.2, 0) is 4.74 Å². The molecule has 0 aromatic rings. The minimum absolute atomic E-state index is 0.331. The molecule has 2 heteroatoms. The van der Waals surface area contributed by atoms with Crippen molar-refractivity contribution in [2.75, 3.05) is 13.7 Å². The van der Waals surface area contributed by atoms with E-state index < -0.39 is 0 Å². The number of likely N-dealkylation sites (N-methyl/N-ethyl adjacent to an activating group) is 1. The van der Waals surface area contributed by atoms with Crippen LogP contribution in [0.25, 0.3) is 0 Å². The monoisotopic (exact) mass is 201 g/mol. The molecular formula is C12H27NO. The Labute approximate surface area is 89.4 Å². The van der Waals surface area contributed by atoms with Gasteiger partial charge in [0.2, 0.25) is 0 Å². The predicted octanol–water partition coefficient (Wildman–Crippen LogP) is 2.68. The molecule has 0 aliphatic heterocycles. The van der Waals surface area contributed by atoms with Crippen molar-refractivity contribution in [3.8, 4) is 0 Å². The average Bonchev–Trinajstić information content (AvgIpc) is 2.03. The van der Waals surface area contributed by atoms with Crippen LogP contribution in [0, 0.1) is 11.8 Å². The van der Waals surface area contributed by atoms with Gasteiger partial charge >= 0.3 is 0 Å². The second-order valence-corrected chi connectivity index (χ2v) is 4.74. The van der Waals surface area contributed by atoms with E-state index in [0.717, 1.165) is 12.5 Å². The molecule has 0 aromatic heterocycles. The lowest BCUT2D eigenvalue weighted by Crippen LogP contribution is -2.44. The van der Waals surface area contributed by atoms with Gasteiger partial charge in [-0.2, -0.15) is 0 Å². The van der Waals surface area contributed by atoms with Crippen LogP contribution in [0.3, 0.4) is 0 Å². The molecule has 0 spiro atoms. The molecule has 0 saturated heterocycles. The zero-order chi connectivity index (χ0) is 11.1. The third-order valence-electron chi connectivity index (χ3n) is 2.52. The van der Waals surface area contributed by atoms with Gasteiger partial charge in [-0.05, 0) is 24.8 Å². The Morgan fingerprint density at radius 1 is 1.14 bits per heavy atom. The lowest BCUT2D eigenvalue weighted by molar-refractivity contribution is 0.0276. The second-order valence-electron chi connectivity index (χ2n) is 4.74. The first kappa shape index (κ1) is 13.9. The van der Waals surface area contributed by atoms with E-state index in [1.807, 2.05) is 7.11 Å².